The van der Waals surface area contributed by atoms with Crippen molar-refractivity contribution in [3.63, 3.8) is 0 Å². The van der Waals surface area contributed by atoms with Crippen LogP contribution in [0.15, 0.2) is 48.8 Å². The normalized spacial score (nSPS) is 16.7. The van der Waals surface area contributed by atoms with Gasteiger partial charge in [0.25, 0.3) is 0 Å². The van der Waals surface area contributed by atoms with Gasteiger partial charge in [0.2, 0.25) is 0 Å². The average Bonchev–Trinajstić information content (AvgIpc) is 3.02. The van der Waals surface area contributed by atoms with Crippen molar-refractivity contribution in [1.82, 2.24) is 19.8 Å². The van der Waals surface area contributed by atoms with Crippen molar-refractivity contribution in [2.75, 3.05) is 26.2 Å². The summed E-state index contributed by atoms with van der Waals surface area (Å²) in [6.07, 6.45) is 3.89. The summed E-state index contributed by atoms with van der Waals surface area (Å²) in [6.45, 7) is 6.03. The first-order valence-corrected chi connectivity index (χ1v) is 8.38. The molecule has 1 aliphatic heterocycles. The molecule has 0 aliphatic carbocycles. The van der Waals surface area contributed by atoms with Gasteiger partial charge in [-0.3, -0.25) is 9.80 Å². The van der Waals surface area contributed by atoms with Gasteiger partial charge < -0.3 is 4.98 Å². The second-order valence-electron chi connectivity index (χ2n) is 6.39. The topological polar surface area (TPSA) is 35.2 Å². The lowest BCUT2D eigenvalue weighted by atomic mass is 10.1. The van der Waals surface area contributed by atoms with Gasteiger partial charge in [0.1, 0.15) is 11.5 Å². The molecule has 124 valence electrons. The first kappa shape index (κ1) is 15.3. The van der Waals surface area contributed by atoms with Gasteiger partial charge in [0.15, 0.2) is 0 Å². The maximum Gasteiger partial charge on any atom is 0.137 e. The van der Waals surface area contributed by atoms with Gasteiger partial charge in [0, 0.05) is 57.0 Å². The molecule has 0 saturated carbocycles. The van der Waals surface area contributed by atoms with Gasteiger partial charge in [-0.2, -0.15) is 0 Å². The highest BCUT2D eigenvalue weighted by Gasteiger charge is 2.18. The third-order valence-electron chi connectivity index (χ3n) is 4.72. The van der Waals surface area contributed by atoms with E-state index in [1.165, 1.54) is 28.6 Å². The molecule has 3 aromatic rings. The maximum atomic E-state index is 13.0. The molecule has 5 heteroatoms. The van der Waals surface area contributed by atoms with Crippen molar-refractivity contribution in [3.05, 3.63) is 65.7 Å². The monoisotopic (exact) mass is 323 g/mol. The Bertz CT molecular complexity index is 804. The Balaban J connectivity index is 1.33. The first-order chi connectivity index (χ1) is 11.8. The summed E-state index contributed by atoms with van der Waals surface area (Å²) in [4.78, 5) is 12.5. The SMILES string of the molecule is [18F]c1ccc(CN2CCN(Cc3c[nH]c4ncccc34)CC2)cc1. The van der Waals surface area contributed by atoms with Gasteiger partial charge in [-0.05, 0) is 35.4 Å². The van der Waals surface area contributed by atoms with Crippen LogP contribution in [0.1, 0.15) is 11.1 Å². The molecule has 1 fully saturated rings. The number of hydrogen-bond donors (Lipinski definition) is 1. The van der Waals surface area contributed by atoms with E-state index < -0.39 is 0 Å². The number of nitrogens with one attached hydrogen (secondary N) is 1. The lowest BCUT2D eigenvalue weighted by molar-refractivity contribution is 0.122. The van der Waals surface area contributed by atoms with Gasteiger partial charge >= 0.3 is 0 Å². The number of H-pyrrole nitrogens is 1. The molecule has 0 radical (unpaired) electrons. The number of nitrogens with zero attached hydrogens (tertiary/aromatic N) is 3. The van der Waals surface area contributed by atoms with Gasteiger partial charge in [-0.1, -0.05) is 12.1 Å². The molecule has 1 saturated heterocycles. The van der Waals surface area contributed by atoms with E-state index in [9.17, 15) is 4.39 Å². The molecule has 0 amide bonds. The Kier molecular flexibility index (Phi) is 4.28. The summed E-state index contributed by atoms with van der Waals surface area (Å²) in [5, 5.41) is 1.21. The Morgan fingerprint density at radius 3 is 2.42 bits per heavy atom. The van der Waals surface area contributed by atoms with E-state index in [-0.39, 0.29) is 5.82 Å². The van der Waals surface area contributed by atoms with Crippen molar-refractivity contribution < 1.29 is 4.39 Å². The molecule has 0 unspecified atom stereocenters. The molecule has 2 aromatic heterocycles. The van der Waals surface area contributed by atoms with Crippen LogP contribution in [0.2, 0.25) is 0 Å². The van der Waals surface area contributed by atoms with Crippen molar-refractivity contribution in [2.24, 2.45) is 0 Å². The summed E-state index contributed by atoms with van der Waals surface area (Å²) in [5.41, 5.74) is 3.44. The van der Waals surface area contributed by atoms with E-state index >= 15 is 0 Å². The minimum atomic E-state index is -0.170. The number of aromatic nitrogens is 2. The molecular weight excluding hydrogens is 302 g/mol. The summed E-state index contributed by atoms with van der Waals surface area (Å²) in [5.74, 6) is -0.170. The van der Waals surface area contributed by atoms with Crippen molar-refractivity contribution >= 4 is 11.0 Å². The second-order valence-corrected chi connectivity index (χ2v) is 6.39. The summed E-state index contributed by atoms with van der Waals surface area (Å²) >= 11 is 0. The Morgan fingerprint density at radius 2 is 1.67 bits per heavy atom. The van der Waals surface area contributed by atoms with Crippen molar-refractivity contribution in [1.29, 1.82) is 0 Å². The fraction of sp³-hybridized carbons (Fsp3) is 0.316. The molecule has 0 bridgehead atoms. The molecular formula is C19H21FN4. The zero-order chi connectivity index (χ0) is 16.4. The molecule has 4 nitrogen and oxygen atoms in total. The van der Waals surface area contributed by atoms with Crippen LogP contribution in [0.25, 0.3) is 11.0 Å². The minimum Gasteiger partial charge on any atom is -0.346 e. The smallest absolute Gasteiger partial charge is 0.137 e. The number of benzene rings is 1. The predicted octanol–water partition coefficient (Wildman–Crippen LogP) is 3.02. The van der Waals surface area contributed by atoms with Crippen LogP contribution >= 0.6 is 0 Å². The number of piperazine rings is 1. The van der Waals surface area contributed by atoms with Crippen LogP contribution in [0.5, 0.6) is 0 Å². The van der Waals surface area contributed by atoms with E-state index in [0.717, 1.165) is 44.9 Å². The van der Waals surface area contributed by atoms with E-state index in [1.807, 2.05) is 24.4 Å². The van der Waals surface area contributed by atoms with Crippen LogP contribution in [0.3, 0.4) is 0 Å². The second kappa shape index (κ2) is 6.71. The molecule has 4 rings (SSSR count). The van der Waals surface area contributed by atoms with E-state index in [0.29, 0.717) is 0 Å². The number of pyridine rings is 1. The highest BCUT2D eigenvalue weighted by atomic mass is 18.2. The lowest BCUT2D eigenvalue weighted by Gasteiger charge is -2.34. The van der Waals surface area contributed by atoms with E-state index in [1.54, 1.807) is 0 Å². The molecule has 1 aliphatic rings. The average molecular weight is 323 g/mol. The third-order valence-corrected chi connectivity index (χ3v) is 4.72. The Morgan fingerprint density at radius 1 is 0.958 bits per heavy atom. The molecule has 1 N–H and O–H groups in total. The zero-order valence-electron chi connectivity index (χ0n) is 13.6. The fourth-order valence-electron chi connectivity index (χ4n) is 3.34. The number of aromatic amines is 1. The van der Waals surface area contributed by atoms with Crippen LogP contribution in [0.4, 0.5) is 4.39 Å². The van der Waals surface area contributed by atoms with Gasteiger partial charge in [0.05, 0.1) is 0 Å². The fourth-order valence-corrected chi connectivity index (χ4v) is 3.34. The van der Waals surface area contributed by atoms with Crippen molar-refractivity contribution in [2.45, 2.75) is 13.1 Å². The summed E-state index contributed by atoms with van der Waals surface area (Å²) in [7, 11) is 0. The molecule has 0 spiro atoms. The lowest BCUT2D eigenvalue weighted by Crippen LogP contribution is -2.45. The van der Waals surface area contributed by atoms with Crippen LogP contribution in [-0.2, 0) is 13.1 Å². The maximum absolute atomic E-state index is 13.0. The molecule has 0 atom stereocenters. The van der Waals surface area contributed by atoms with Crippen LogP contribution in [-0.4, -0.2) is 45.9 Å². The highest BCUT2D eigenvalue weighted by molar-refractivity contribution is 5.79. The Hall–Kier alpha value is -2.24. The number of halogens is 1. The molecule has 3 heterocycles. The van der Waals surface area contributed by atoms with Gasteiger partial charge in [-0.25, -0.2) is 9.37 Å². The van der Waals surface area contributed by atoms with Crippen molar-refractivity contribution in [3.8, 4) is 0 Å². The standard InChI is InChI=1S/C19H21FN4/c20-17-5-3-15(4-6-17)13-23-8-10-24(11-9-23)14-16-12-22-19-18(16)2-1-7-21-19/h1-7,12H,8-11,13-14H2,(H,21,22)/i20-1. The first-order valence-electron chi connectivity index (χ1n) is 8.38. The summed E-state index contributed by atoms with van der Waals surface area (Å²) in [6, 6.07) is 10.9. The number of rotatable bonds is 4. The van der Waals surface area contributed by atoms with E-state index in [4.69, 9.17) is 0 Å². The highest BCUT2D eigenvalue weighted by Crippen LogP contribution is 2.18. The third kappa shape index (κ3) is 3.32. The van der Waals surface area contributed by atoms with Gasteiger partial charge in [-0.15, -0.1) is 0 Å². The summed E-state index contributed by atoms with van der Waals surface area (Å²) < 4.78 is 13.0. The predicted molar refractivity (Wildman–Crippen MR) is 93.0 cm³/mol. The van der Waals surface area contributed by atoms with Crippen LogP contribution < -0.4 is 0 Å². The molecule has 24 heavy (non-hydrogen) atoms. The minimum absolute atomic E-state index is 0.170. The number of fused-ring (bicyclic) bond motifs is 1. The van der Waals surface area contributed by atoms with E-state index in [2.05, 4.69) is 32.0 Å². The largest absolute Gasteiger partial charge is 0.346 e. The number of hydrogen-bond acceptors (Lipinski definition) is 3. The molecule has 1 aromatic carbocycles. The zero-order valence-corrected chi connectivity index (χ0v) is 13.6. The quantitative estimate of drug-likeness (QED) is 0.801. The van der Waals surface area contributed by atoms with Crippen LogP contribution in [0, 0.1) is 5.82 Å². The Labute approximate surface area is 140 Å².